The summed E-state index contributed by atoms with van der Waals surface area (Å²) in [6.07, 6.45) is 0. The van der Waals surface area contributed by atoms with Gasteiger partial charge >= 0.3 is 0 Å². The lowest BCUT2D eigenvalue weighted by Crippen LogP contribution is -2.21. The number of aryl methyl sites for hydroxylation is 2. The van der Waals surface area contributed by atoms with Gasteiger partial charge in [-0.1, -0.05) is 0 Å². The molecule has 6 nitrogen and oxygen atoms in total. The van der Waals surface area contributed by atoms with Crippen LogP contribution in [0.25, 0.3) is 0 Å². The number of rotatable bonds is 7. The molecule has 132 valence electrons. The van der Waals surface area contributed by atoms with E-state index in [0.717, 1.165) is 35.1 Å². The van der Waals surface area contributed by atoms with Crippen molar-refractivity contribution in [3.8, 4) is 11.5 Å². The van der Waals surface area contributed by atoms with E-state index >= 15 is 0 Å². The molecule has 0 aliphatic rings. The van der Waals surface area contributed by atoms with Crippen molar-refractivity contribution in [2.75, 3.05) is 33.2 Å². The first-order chi connectivity index (χ1) is 11.4. The summed E-state index contributed by atoms with van der Waals surface area (Å²) in [5, 5.41) is 8.11. The average molecular weight is 332 g/mol. The summed E-state index contributed by atoms with van der Waals surface area (Å²) in [6.45, 7) is 4.90. The van der Waals surface area contributed by atoms with Crippen LogP contribution >= 0.6 is 0 Å². The van der Waals surface area contributed by atoms with E-state index in [1.54, 1.807) is 14.2 Å². The maximum atomic E-state index is 5.49. The molecule has 0 radical (unpaired) electrons. The van der Waals surface area contributed by atoms with Gasteiger partial charge < -0.3 is 19.7 Å². The van der Waals surface area contributed by atoms with Crippen molar-refractivity contribution < 1.29 is 9.47 Å². The van der Waals surface area contributed by atoms with E-state index < -0.39 is 0 Å². The molecule has 0 unspecified atom stereocenters. The van der Waals surface area contributed by atoms with Crippen molar-refractivity contribution in [1.29, 1.82) is 0 Å². The van der Waals surface area contributed by atoms with Crippen molar-refractivity contribution in [3.63, 3.8) is 0 Å². The van der Waals surface area contributed by atoms with Crippen LogP contribution in [-0.4, -0.2) is 38.1 Å². The first-order valence-electron chi connectivity index (χ1n) is 8.04. The van der Waals surface area contributed by atoms with Crippen LogP contribution < -0.4 is 19.7 Å². The van der Waals surface area contributed by atoms with Gasteiger partial charge in [-0.3, -0.25) is 4.68 Å². The van der Waals surface area contributed by atoms with Gasteiger partial charge in [-0.2, -0.15) is 5.10 Å². The molecule has 2 rings (SSSR count). The average Bonchev–Trinajstić information content (AvgIpc) is 2.85. The summed E-state index contributed by atoms with van der Waals surface area (Å²) < 4.78 is 12.7. The van der Waals surface area contributed by atoms with E-state index in [2.05, 4.69) is 22.2 Å². The van der Waals surface area contributed by atoms with Gasteiger partial charge in [0.15, 0.2) is 0 Å². The minimum absolute atomic E-state index is 0.115. The number of benzene rings is 1. The zero-order chi connectivity index (χ0) is 17.9. The number of anilines is 1. The highest BCUT2D eigenvalue weighted by Gasteiger charge is 2.17. The second kappa shape index (κ2) is 7.57. The molecule has 1 aromatic heterocycles. The molecule has 1 atom stereocenters. The van der Waals surface area contributed by atoms with E-state index in [0.29, 0.717) is 0 Å². The SMILES string of the molecule is COc1ccc(OC)c([C@@H](C)NCc2c(C)nn(C)c2N(C)C)c1. The maximum Gasteiger partial charge on any atom is 0.130 e. The number of nitrogens with one attached hydrogen (secondary N) is 1. The predicted octanol–water partition coefficient (Wildman–Crippen LogP) is 2.66. The van der Waals surface area contributed by atoms with Crippen molar-refractivity contribution in [2.45, 2.75) is 26.4 Å². The third kappa shape index (κ3) is 3.64. The molecule has 1 heterocycles. The summed E-state index contributed by atoms with van der Waals surface area (Å²) in [5.74, 6) is 2.79. The minimum Gasteiger partial charge on any atom is -0.497 e. The Morgan fingerprint density at radius 1 is 1.25 bits per heavy atom. The Labute approximate surface area is 144 Å². The molecule has 6 heteroatoms. The van der Waals surface area contributed by atoms with Crippen LogP contribution in [0.15, 0.2) is 18.2 Å². The Bertz CT molecular complexity index is 695. The van der Waals surface area contributed by atoms with Crippen LogP contribution in [0.5, 0.6) is 11.5 Å². The summed E-state index contributed by atoms with van der Waals surface area (Å²) in [6, 6.07) is 5.97. The summed E-state index contributed by atoms with van der Waals surface area (Å²) in [4.78, 5) is 2.09. The Kier molecular flexibility index (Phi) is 5.72. The summed E-state index contributed by atoms with van der Waals surface area (Å²) >= 11 is 0. The molecular formula is C18H28N4O2. The molecule has 0 fully saturated rings. The van der Waals surface area contributed by atoms with E-state index in [9.17, 15) is 0 Å². The molecule has 0 aliphatic heterocycles. The van der Waals surface area contributed by atoms with Gasteiger partial charge in [0.2, 0.25) is 0 Å². The molecule has 0 saturated heterocycles. The van der Waals surface area contributed by atoms with Crippen LogP contribution in [0, 0.1) is 6.92 Å². The number of hydrogen-bond acceptors (Lipinski definition) is 5. The minimum atomic E-state index is 0.115. The van der Waals surface area contributed by atoms with E-state index in [1.165, 1.54) is 5.56 Å². The lowest BCUT2D eigenvalue weighted by atomic mass is 10.1. The molecule has 0 aliphatic carbocycles. The number of methoxy groups -OCH3 is 2. The van der Waals surface area contributed by atoms with Crippen molar-refractivity contribution in [3.05, 3.63) is 35.0 Å². The standard InChI is InChI=1S/C18H28N4O2/c1-12(15-10-14(23-6)8-9-17(15)24-7)19-11-16-13(2)20-22(5)18(16)21(3)4/h8-10,12,19H,11H2,1-7H3/t12-/m1/s1. The van der Waals surface area contributed by atoms with Crippen LogP contribution in [-0.2, 0) is 13.6 Å². The highest BCUT2D eigenvalue weighted by molar-refractivity contribution is 5.49. The van der Waals surface area contributed by atoms with Crippen molar-refractivity contribution >= 4 is 5.82 Å². The second-order valence-corrected chi connectivity index (χ2v) is 6.12. The molecule has 1 N–H and O–H groups in total. The lowest BCUT2D eigenvalue weighted by Gasteiger charge is -2.20. The first-order valence-corrected chi connectivity index (χ1v) is 8.04. The topological polar surface area (TPSA) is 51.6 Å². The Morgan fingerprint density at radius 3 is 2.54 bits per heavy atom. The quantitative estimate of drug-likeness (QED) is 0.845. The molecule has 0 amide bonds. The molecule has 24 heavy (non-hydrogen) atoms. The van der Waals surface area contributed by atoms with Gasteiger partial charge in [0.05, 0.1) is 19.9 Å². The highest BCUT2D eigenvalue weighted by atomic mass is 16.5. The van der Waals surface area contributed by atoms with Gasteiger partial charge in [-0.25, -0.2) is 0 Å². The molecule has 0 bridgehead atoms. The maximum absolute atomic E-state index is 5.49. The summed E-state index contributed by atoms with van der Waals surface area (Å²) in [5.41, 5.74) is 3.32. The van der Waals surface area contributed by atoms with E-state index in [-0.39, 0.29) is 6.04 Å². The monoisotopic (exact) mass is 332 g/mol. The van der Waals surface area contributed by atoms with Gasteiger partial charge in [0.25, 0.3) is 0 Å². The van der Waals surface area contributed by atoms with Crippen LogP contribution in [0.1, 0.15) is 29.8 Å². The van der Waals surface area contributed by atoms with Crippen molar-refractivity contribution in [1.82, 2.24) is 15.1 Å². The first kappa shape index (κ1) is 18.1. The van der Waals surface area contributed by atoms with Crippen LogP contribution in [0.2, 0.25) is 0 Å². The third-order valence-corrected chi connectivity index (χ3v) is 4.23. The van der Waals surface area contributed by atoms with Gasteiger partial charge in [-0.05, 0) is 32.0 Å². The van der Waals surface area contributed by atoms with E-state index in [1.807, 2.05) is 50.9 Å². The predicted molar refractivity (Wildman–Crippen MR) is 97.1 cm³/mol. The normalized spacial score (nSPS) is 12.1. The zero-order valence-corrected chi connectivity index (χ0v) is 15.7. The fourth-order valence-electron chi connectivity index (χ4n) is 3.00. The Morgan fingerprint density at radius 2 is 1.96 bits per heavy atom. The molecule has 2 aromatic rings. The van der Waals surface area contributed by atoms with Gasteiger partial charge in [-0.15, -0.1) is 0 Å². The number of aromatic nitrogens is 2. The second-order valence-electron chi connectivity index (χ2n) is 6.12. The lowest BCUT2D eigenvalue weighted by molar-refractivity contribution is 0.391. The molecule has 0 spiro atoms. The zero-order valence-electron chi connectivity index (χ0n) is 15.7. The van der Waals surface area contributed by atoms with Crippen molar-refractivity contribution in [2.24, 2.45) is 7.05 Å². The number of nitrogens with zero attached hydrogens (tertiary/aromatic N) is 3. The smallest absolute Gasteiger partial charge is 0.130 e. The van der Waals surface area contributed by atoms with Crippen LogP contribution in [0.4, 0.5) is 5.82 Å². The third-order valence-electron chi connectivity index (χ3n) is 4.23. The highest BCUT2D eigenvalue weighted by Crippen LogP contribution is 2.30. The fourth-order valence-corrected chi connectivity index (χ4v) is 3.00. The number of ether oxygens (including phenoxy) is 2. The molecule has 1 aromatic carbocycles. The van der Waals surface area contributed by atoms with Gasteiger partial charge in [0, 0.05) is 44.9 Å². The Hall–Kier alpha value is -2.21. The Balaban J connectivity index is 2.21. The van der Waals surface area contributed by atoms with Gasteiger partial charge in [0.1, 0.15) is 17.3 Å². The molecule has 0 saturated carbocycles. The largest absolute Gasteiger partial charge is 0.497 e. The fraction of sp³-hybridized carbons (Fsp3) is 0.500. The number of hydrogen-bond donors (Lipinski definition) is 1. The van der Waals surface area contributed by atoms with E-state index in [4.69, 9.17) is 9.47 Å². The summed E-state index contributed by atoms with van der Waals surface area (Å²) in [7, 11) is 9.41. The van der Waals surface area contributed by atoms with Crippen LogP contribution in [0.3, 0.4) is 0 Å². The molecular weight excluding hydrogens is 304 g/mol.